The van der Waals surface area contributed by atoms with Crippen molar-refractivity contribution >= 4 is 10.0 Å². The predicted octanol–water partition coefficient (Wildman–Crippen LogP) is 2.31. The lowest BCUT2D eigenvalue weighted by molar-refractivity contribution is 0.0342. The van der Waals surface area contributed by atoms with Crippen molar-refractivity contribution in [3.63, 3.8) is 0 Å². The maximum atomic E-state index is 12.3. The highest BCUT2D eigenvalue weighted by atomic mass is 32.2. The summed E-state index contributed by atoms with van der Waals surface area (Å²) in [5.41, 5.74) is 3.21. The first kappa shape index (κ1) is 18.1. The Labute approximate surface area is 149 Å². The van der Waals surface area contributed by atoms with E-state index in [1.165, 1.54) is 5.56 Å². The largest absolute Gasteiger partial charge is 0.379 e. The molecule has 0 amide bonds. The van der Waals surface area contributed by atoms with Gasteiger partial charge in [-0.1, -0.05) is 42.0 Å². The van der Waals surface area contributed by atoms with E-state index in [2.05, 4.69) is 21.8 Å². The third-order valence-corrected chi connectivity index (χ3v) is 5.75. The van der Waals surface area contributed by atoms with Gasteiger partial charge in [0.05, 0.1) is 18.1 Å². The van der Waals surface area contributed by atoms with Gasteiger partial charge in [-0.25, -0.2) is 13.1 Å². The van der Waals surface area contributed by atoms with Crippen LogP contribution in [0.15, 0.2) is 53.4 Å². The number of rotatable bonds is 6. The highest BCUT2D eigenvalue weighted by molar-refractivity contribution is 7.89. The van der Waals surface area contributed by atoms with E-state index in [0.29, 0.717) is 4.90 Å². The molecule has 1 aliphatic heterocycles. The topological polar surface area (TPSA) is 58.6 Å². The zero-order chi connectivity index (χ0) is 17.7. The van der Waals surface area contributed by atoms with E-state index in [4.69, 9.17) is 4.74 Å². The van der Waals surface area contributed by atoms with E-state index in [9.17, 15) is 8.42 Å². The molecule has 134 valence electrons. The minimum absolute atomic E-state index is 0.286. The summed E-state index contributed by atoms with van der Waals surface area (Å²) in [5.74, 6) is 0. The fraction of sp³-hybridized carbons (Fsp3) is 0.368. The Morgan fingerprint density at radius 3 is 2.20 bits per heavy atom. The van der Waals surface area contributed by atoms with Gasteiger partial charge < -0.3 is 4.74 Å². The molecule has 2 aromatic rings. The Kier molecular flexibility index (Phi) is 5.86. The molecule has 0 unspecified atom stereocenters. The van der Waals surface area contributed by atoms with Gasteiger partial charge in [0.1, 0.15) is 0 Å². The minimum atomic E-state index is -3.48. The average molecular weight is 360 g/mol. The number of ether oxygens (including phenoxy) is 1. The van der Waals surface area contributed by atoms with Gasteiger partial charge >= 0.3 is 0 Å². The molecule has 1 saturated heterocycles. The number of hydrogen-bond acceptors (Lipinski definition) is 4. The van der Waals surface area contributed by atoms with Gasteiger partial charge in [-0.15, -0.1) is 0 Å². The van der Waals surface area contributed by atoms with E-state index >= 15 is 0 Å². The van der Waals surface area contributed by atoms with E-state index in [1.807, 2.05) is 19.1 Å². The zero-order valence-corrected chi connectivity index (χ0v) is 15.3. The lowest BCUT2D eigenvalue weighted by atomic mass is 10.1. The molecule has 0 atom stereocenters. The predicted molar refractivity (Wildman–Crippen MR) is 97.7 cm³/mol. The third-order valence-electron chi connectivity index (χ3n) is 4.33. The van der Waals surface area contributed by atoms with Crippen molar-refractivity contribution in [2.45, 2.75) is 24.9 Å². The zero-order valence-electron chi connectivity index (χ0n) is 14.4. The molecule has 1 N–H and O–H groups in total. The van der Waals surface area contributed by atoms with Crippen LogP contribution < -0.4 is 4.72 Å². The Morgan fingerprint density at radius 2 is 1.56 bits per heavy atom. The van der Waals surface area contributed by atoms with Crippen molar-refractivity contribution in [3.05, 3.63) is 65.2 Å². The Bertz CT molecular complexity index is 780. The summed E-state index contributed by atoms with van der Waals surface area (Å²) in [7, 11) is -3.48. The molecule has 0 bridgehead atoms. The molecule has 1 aliphatic rings. The van der Waals surface area contributed by atoms with Gasteiger partial charge in [-0.2, -0.15) is 0 Å². The van der Waals surface area contributed by atoms with E-state index < -0.39 is 10.0 Å². The smallest absolute Gasteiger partial charge is 0.240 e. The first-order chi connectivity index (χ1) is 12.0. The molecule has 0 spiro atoms. The lowest BCUT2D eigenvalue weighted by Gasteiger charge is -2.26. The molecule has 0 aromatic heterocycles. The van der Waals surface area contributed by atoms with E-state index in [1.54, 1.807) is 24.3 Å². The van der Waals surface area contributed by atoms with Crippen LogP contribution in [0.25, 0.3) is 0 Å². The first-order valence-electron chi connectivity index (χ1n) is 8.47. The van der Waals surface area contributed by atoms with Crippen molar-refractivity contribution in [3.8, 4) is 0 Å². The van der Waals surface area contributed by atoms with Crippen molar-refractivity contribution in [1.82, 2.24) is 9.62 Å². The number of morpholine rings is 1. The summed E-state index contributed by atoms with van der Waals surface area (Å²) in [6.07, 6.45) is 0. The molecular weight excluding hydrogens is 336 g/mol. The highest BCUT2D eigenvalue weighted by Gasteiger charge is 2.13. The summed E-state index contributed by atoms with van der Waals surface area (Å²) in [6, 6.07) is 14.9. The van der Waals surface area contributed by atoms with Crippen LogP contribution in [-0.2, 0) is 27.8 Å². The molecule has 1 heterocycles. The fourth-order valence-electron chi connectivity index (χ4n) is 2.76. The second-order valence-corrected chi connectivity index (χ2v) is 8.11. The second kappa shape index (κ2) is 8.10. The SMILES string of the molecule is Cc1ccc(S(=O)(=O)NCc2ccc(CN3CCOCC3)cc2)cc1. The van der Waals surface area contributed by atoms with Crippen LogP contribution in [-0.4, -0.2) is 39.6 Å². The number of aryl methyl sites for hydroxylation is 1. The second-order valence-electron chi connectivity index (χ2n) is 6.34. The number of nitrogens with one attached hydrogen (secondary N) is 1. The fourth-order valence-corrected chi connectivity index (χ4v) is 3.78. The quantitative estimate of drug-likeness (QED) is 0.859. The van der Waals surface area contributed by atoms with Gasteiger partial charge in [-0.3, -0.25) is 4.90 Å². The Balaban J connectivity index is 1.56. The van der Waals surface area contributed by atoms with Crippen LogP contribution in [0.5, 0.6) is 0 Å². The number of hydrogen-bond donors (Lipinski definition) is 1. The molecule has 5 nitrogen and oxygen atoms in total. The van der Waals surface area contributed by atoms with Crippen molar-refractivity contribution in [1.29, 1.82) is 0 Å². The van der Waals surface area contributed by atoms with Crippen LogP contribution in [0, 0.1) is 6.92 Å². The molecule has 0 radical (unpaired) electrons. The van der Waals surface area contributed by atoms with Gasteiger partial charge in [0, 0.05) is 26.2 Å². The summed E-state index contributed by atoms with van der Waals surface area (Å²) < 4.78 is 32.6. The Hall–Kier alpha value is -1.73. The maximum absolute atomic E-state index is 12.3. The number of nitrogens with zero attached hydrogens (tertiary/aromatic N) is 1. The van der Waals surface area contributed by atoms with Crippen molar-refractivity contribution < 1.29 is 13.2 Å². The molecule has 0 aliphatic carbocycles. The highest BCUT2D eigenvalue weighted by Crippen LogP contribution is 2.12. The van der Waals surface area contributed by atoms with Crippen LogP contribution in [0.3, 0.4) is 0 Å². The van der Waals surface area contributed by atoms with Gasteiger partial charge in [-0.05, 0) is 30.2 Å². The summed E-state index contributed by atoms with van der Waals surface area (Å²) in [4.78, 5) is 2.65. The normalized spacial score (nSPS) is 16.0. The molecule has 2 aromatic carbocycles. The van der Waals surface area contributed by atoms with Gasteiger partial charge in [0.25, 0.3) is 0 Å². The monoisotopic (exact) mass is 360 g/mol. The lowest BCUT2D eigenvalue weighted by Crippen LogP contribution is -2.35. The van der Waals surface area contributed by atoms with Crippen LogP contribution in [0.2, 0.25) is 0 Å². The van der Waals surface area contributed by atoms with Crippen molar-refractivity contribution in [2.24, 2.45) is 0 Å². The maximum Gasteiger partial charge on any atom is 0.240 e. The summed E-state index contributed by atoms with van der Waals surface area (Å²) in [5, 5.41) is 0. The molecular formula is C19H24N2O3S. The standard InChI is InChI=1S/C19H24N2O3S/c1-16-2-8-19(9-3-16)25(22,23)20-14-17-4-6-18(7-5-17)15-21-10-12-24-13-11-21/h2-9,20H,10-15H2,1H3. The van der Waals surface area contributed by atoms with Gasteiger partial charge in [0.15, 0.2) is 0 Å². The first-order valence-corrected chi connectivity index (χ1v) is 9.95. The van der Waals surface area contributed by atoms with Gasteiger partial charge in [0.2, 0.25) is 10.0 Å². The number of sulfonamides is 1. The van der Waals surface area contributed by atoms with E-state index in [-0.39, 0.29) is 6.54 Å². The Morgan fingerprint density at radius 1 is 0.960 bits per heavy atom. The third kappa shape index (κ3) is 5.12. The summed E-state index contributed by atoms with van der Waals surface area (Å²) in [6.45, 7) is 6.61. The molecule has 6 heteroatoms. The van der Waals surface area contributed by atoms with Crippen LogP contribution in [0.1, 0.15) is 16.7 Å². The minimum Gasteiger partial charge on any atom is -0.379 e. The molecule has 3 rings (SSSR count). The number of benzene rings is 2. The molecule has 0 saturated carbocycles. The van der Waals surface area contributed by atoms with Crippen LogP contribution in [0.4, 0.5) is 0 Å². The summed E-state index contributed by atoms with van der Waals surface area (Å²) >= 11 is 0. The van der Waals surface area contributed by atoms with Crippen molar-refractivity contribution in [2.75, 3.05) is 26.3 Å². The average Bonchev–Trinajstić information content (AvgIpc) is 2.62. The van der Waals surface area contributed by atoms with Crippen LogP contribution >= 0.6 is 0 Å². The van der Waals surface area contributed by atoms with E-state index in [0.717, 1.165) is 44.0 Å². The molecule has 1 fully saturated rings. The molecule has 25 heavy (non-hydrogen) atoms.